The van der Waals surface area contributed by atoms with Gasteiger partial charge in [0.1, 0.15) is 29.4 Å². The van der Waals surface area contributed by atoms with Crippen molar-refractivity contribution in [2.24, 2.45) is 5.16 Å². The molecule has 1 fully saturated rings. The topological polar surface area (TPSA) is 145 Å². The van der Waals surface area contributed by atoms with Crippen LogP contribution in [0.5, 0.6) is 0 Å². The average Bonchev–Trinajstić information content (AvgIpc) is 3.45. The zero-order valence-electron chi connectivity index (χ0n) is 22.9. The van der Waals surface area contributed by atoms with Crippen molar-refractivity contribution in [3.63, 3.8) is 0 Å². The molecule has 1 unspecified atom stereocenters. The number of hydrogen-bond acceptors (Lipinski definition) is 11. The summed E-state index contributed by atoms with van der Waals surface area (Å²) in [6.45, 7) is 2.10. The van der Waals surface area contributed by atoms with Crippen molar-refractivity contribution in [1.82, 2.24) is 15.2 Å². The van der Waals surface area contributed by atoms with E-state index in [1.54, 1.807) is 12.3 Å². The Kier molecular flexibility index (Phi) is 9.20. The Morgan fingerprint density at radius 2 is 1.81 bits per heavy atom. The number of rotatable bonds is 11. The van der Waals surface area contributed by atoms with Gasteiger partial charge in [0.2, 0.25) is 0 Å². The Hall–Kier alpha value is -4.20. The van der Waals surface area contributed by atoms with Crippen LogP contribution in [0.2, 0.25) is 0 Å². The molecule has 2 atom stereocenters. The quantitative estimate of drug-likeness (QED) is 0.145. The number of anilines is 1. The molecule has 3 N–H and O–H groups in total. The summed E-state index contributed by atoms with van der Waals surface area (Å²) in [5.74, 6) is -1.34. The van der Waals surface area contributed by atoms with Crippen molar-refractivity contribution in [1.29, 1.82) is 0 Å². The number of oxime groups is 1. The zero-order valence-corrected chi connectivity index (χ0v) is 24.5. The summed E-state index contributed by atoms with van der Waals surface area (Å²) in [7, 11) is 1.52. The number of amides is 2. The Bertz CT molecular complexity index is 1470. The molecule has 3 aromatic rings. The van der Waals surface area contributed by atoms with Crippen LogP contribution in [-0.4, -0.2) is 70.9 Å². The second-order valence-corrected chi connectivity index (χ2v) is 11.3. The first-order valence-corrected chi connectivity index (χ1v) is 15.0. The monoisotopic (exact) mass is 607 g/mol. The van der Waals surface area contributed by atoms with Crippen LogP contribution in [0.3, 0.4) is 0 Å². The molecule has 1 saturated heterocycles. The van der Waals surface area contributed by atoms with E-state index in [2.05, 4.69) is 15.5 Å². The number of carbonyl (C=O) groups excluding carboxylic acids is 3. The number of nitrogens with one attached hydrogen (secondary N) is 1. The number of aromatic nitrogens is 1. The van der Waals surface area contributed by atoms with Gasteiger partial charge in [0.15, 0.2) is 16.9 Å². The van der Waals surface area contributed by atoms with Gasteiger partial charge in [0, 0.05) is 18.2 Å². The maximum Gasteiger partial charge on any atom is 0.356 e. The van der Waals surface area contributed by atoms with E-state index in [0.717, 1.165) is 22.5 Å². The molecule has 2 aliphatic heterocycles. The van der Waals surface area contributed by atoms with Crippen LogP contribution >= 0.6 is 23.1 Å². The molecule has 2 amide bonds. The minimum Gasteiger partial charge on any atom is -0.448 e. The highest BCUT2D eigenvalue weighted by molar-refractivity contribution is 8.00. The van der Waals surface area contributed by atoms with E-state index < -0.39 is 35.3 Å². The molecule has 3 heterocycles. The van der Waals surface area contributed by atoms with Gasteiger partial charge in [-0.1, -0.05) is 65.8 Å². The lowest BCUT2D eigenvalue weighted by molar-refractivity contribution is -0.154. The number of nitrogens with two attached hydrogens (primary N) is 1. The first-order valence-electron chi connectivity index (χ1n) is 13.1. The van der Waals surface area contributed by atoms with Gasteiger partial charge in [-0.05, 0) is 23.6 Å². The molecule has 5 rings (SSSR count). The molecular weight excluding hydrogens is 578 g/mol. The molecule has 11 nitrogen and oxygen atoms in total. The fourth-order valence-corrected chi connectivity index (χ4v) is 6.52. The number of thioether (sulfide) groups is 1. The van der Waals surface area contributed by atoms with Gasteiger partial charge in [-0.25, -0.2) is 9.78 Å². The molecule has 42 heavy (non-hydrogen) atoms. The predicted molar refractivity (Wildman–Crippen MR) is 159 cm³/mol. The van der Waals surface area contributed by atoms with E-state index in [1.807, 2.05) is 60.7 Å². The predicted octanol–water partition coefficient (Wildman–Crippen LogP) is 3.10. The Labute approximate surface area is 250 Å². The summed E-state index contributed by atoms with van der Waals surface area (Å²) in [4.78, 5) is 51.2. The number of nitrogens with zero attached hydrogens (tertiary/aromatic N) is 3. The lowest BCUT2D eigenvalue weighted by Crippen LogP contribution is -2.71. The molecule has 2 aromatic carbocycles. The van der Waals surface area contributed by atoms with E-state index in [4.69, 9.17) is 20.0 Å². The smallest absolute Gasteiger partial charge is 0.356 e. The van der Waals surface area contributed by atoms with Crippen molar-refractivity contribution in [2.75, 3.05) is 31.8 Å². The highest BCUT2D eigenvalue weighted by Gasteiger charge is 2.55. The van der Waals surface area contributed by atoms with E-state index >= 15 is 0 Å². The molecule has 218 valence electrons. The normalized spacial score (nSPS) is 18.4. The molecule has 0 spiro atoms. The molecule has 0 bridgehead atoms. The molecule has 0 saturated carbocycles. The van der Waals surface area contributed by atoms with Gasteiger partial charge >= 0.3 is 5.97 Å². The summed E-state index contributed by atoms with van der Waals surface area (Å²) in [5, 5.41) is 7.94. The number of esters is 1. The Morgan fingerprint density at radius 3 is 2.38 bits per heavy atom. The van der Waals surface area contributed by atoms with E-state index in [9.17, 15) is 14.4 Å². The summed E-state index contributed by atoms with van der Waals surface area (Å²) >= 11 is 2.57. The van der Waals surface area contributed by atoms with Gasteiger partial charge in [-0.3, -0.25) is 14.5 Å². The van der Waals surface area contributed by atoms with Crippen molar-refractivity contribution in [3.8, 4) is 0 Å². The van der Waals surface area contributed by atoms with Crippen LogP contribution in [0.4, 0.5) is 5.13 Å². The number of ether oxygens (including phenoxy) is 2. The Morgan fingerprint density at radius 1 is 1.14 bits per heavy atom. The minimum absolute atomic E-state index is 0.0966. The number of hydrogen-bond donors (Lipinski definition) is 2. The van der Waals surface area contributed by atoms with E-state index in [-0.39, 0.29) is 35.4 Å². The summed E-state index contributed by atoms with van der Waals surface area (Å²) in [5.41, 5.74) is 8.21. The second kappa shape index (κ2) is 13.2. The van der Waals surface area contributed by atoms with Crippen molar-refractivity contribution >= 4 is 51.7 Å². The van der Waals surface area contributed by atoms with Crippen LogP contribution in [0.15, 0.2) is 82.5 Å². The number of thiazole rings is 1. The number of benzene rings is 2. The summed E-state index contributed by atoms with van der Waals surface area (Å²) < 4.78 is 11.5. The number of nitrogen functional groups attached to an aromatic ring is 1. The standard InChI is InChI=1S/C29H29N5O6S2/c1-3-39-33-21(20-16-42-29(30)31-20)25(35)32-22-26(36)34-23(19(14-38-2)15-41-27(22)34)28(37)40-24(17-10-6-4-7-11-17)18-12-8-5-9-13-18/h4-13,16,22,24,27H,3,14-15H2,1-2H3,(H2,30,31)(H,32,35)/t22?,27-/m1/s1. The fourth-order valence-electron chi connectivity index (χ4n) is 4.64. The van der Waals surface area contributed by atoms with Gasteiger partial charge < -0.3 is 25.4 Å². The van der Waals surface area contributed by atoms with E-state index in [0.29, 0.717) is 11.3 Å². The van der Waals surface area contributed by atoms with Crippen LogP contribution < -0.4 is 11.1 Å². The third kappa shape index (κ3) is 6.03. The molecular formula is C29H29N5O6S2. The fraction of sp³-hybridized carbons (Fsp3) is 0.276. The van der Waals surface area contributed by atoms with Gasteiger partial charge in [0.05, 0.1) is 6.61 Å². The minimum atomic E-state index is -0.906. The number of fused-ring (bicyclic) bond motifs is 1. The first kappa shape index (κ1) is 29.3. The van der Waals surface area contributed by atoms with Crippen molar-refractivity contribution in [3.05, 3.63) is 94.1 Å². The molecule has 0 aliphatic carbocycles. The first-order chi connectivity index (χ1) is 20.4. The van der Waals surface area contributed by atoms with Crippen molar-refractivity contribution < 1.29 is 28.7 Å². The lowest BCUT2D eigenvalue weighted by atomic mass is 10.0. The molecule has 2 aliphatic rings. The number of β-lactam (4-membered cyclic amide) rings is 1. The Balaban J connectivity index is 1.39. The third-order valence-corrected chi connectivity index (χ3v) is 8.55. The molecule has 13 heteroatoms. The zero-order chi connectivity index (χ0) is 29.6. The van der Waals surface area contributed by atoms with Crippen LogP contribution in [0, 0.1) is 0 Å². The number of methoxy groups -OCH3 is 1. The van der Waals surface area contributed by atoms with Crippen LogP contribution in [0.1, 0.15) is 29.8 Å². The molecule has 1 aromatic heterocycles. The maximum atomic E-state index is 13.8. The highest BCUT2D eigenvalue weighted by atomic mass is 32.2. The average molecular weight is 608 g/mol. The van der Waals surface area contributed by atoms with Gasteiger partial charge in [-0.15, -0.1) is 23.1 Å². The van der Waals surface area contributed by atoms with Gasteiger partial charge in [0.25, 0.3) is 11.8 Å². The van der Waals surface area contributed by atoms with Crippen LogP contribution in [0.25, 0.3) is 0 Å². The highest BCUT2D eigenvalue weighted by Crippen LogP contribution is 2.41. The maximum absolute atomic E-state index is 13.8. The summed E-state index contributed by atoms with van der Waals surface area (Å²) in [6, 6.07) is 17.9. The molecule has 0 radical (unpaired) electrons. The third-order valence-electron chi connectivity index (χ3n) is 6.54. The van der Waals surface area contributed by atoms with Crippen LogP contribution in [-0.2, 0) is 28.7 Å². The SMILES string of the molecule is CCON=C(C(=O)NC1C(=O)N2C(C(=O)OC(c3ccccc3)c3ccccc3)=C(COC)CS[C@H]12)c1csc(N)n1. The summed E-state index contributed by atoms with van der Waals surface area (Å²) in [6.07, 6.45) is -0.695. The largest absolute Gasteiger partial charge is 0.448 e. The number of carbonyl (C=O) groups is 3. The van der Waals surface area contributed by atoms with E-state index in [1.165, 1.54) is 23.8 Å². The van der Waals surface area contributed by atoms with Crippen molar-refractivity contribution in [2.45, 2.75) is 24.4 Å². The lowest BCUT2D eigenvalue weighted by Gasteiger charge is -2.49. The second-order valence-electron chi connectivity index (χ2n) is 9.28. The van der Waals surface area contributed by atoms with Gasteiger partial charge in [-0.2, -0.15) is 0 Å².